The van der Waals surface area contributed by atoms with Gasteiger partial charge in [0.1, 0.15) is 0 Å². The monoisotopic (exact) mass is 276 g/mol. The Labute approximate surface area is 103 Å². The van der Waals surface area contributed by atoms with E-state index in [-0.39, 0.29) is 0 Å². The Morgan fingerprint density at radius 1 is 1.33 bits per heavy atom. The van der Waals surface area contributed by atoms with Crippen molar-refractivity contribution in [3.63, 3.8) is 0 Å². The molecule has 1 nitrogen and oxygen atoms in total. The van der Waals surface area contributed by atoms with Gasteiger partial charge >= 0.3 is 0 Å². The van der Waals surface area contributed by atoms with Gasteiger partial charge in [-0.3, -0.25) is 0 Å². The highest BCUT2D eigenvalue weighted by Gasteiger charge is 2.24. The summed E-state index contributed by atoms with van der Waals surface area (Å²) in [6, 6.07) is 0. The molecule has 90 valence electrons. The summed E-state index contributed by atoms with van der Waals surface area (Å²) < 4.78 is 5.81. The average Bonchev–Trinajstić information content (AvgIpc) is 2.49. The van der Waals surface area contributed by atoms with Crippen LogP contribution in [0, 0.1) is 5.41 Å². The standard InChI is InChI=1S/C13H25BrO/c1-10-8-9-11(15-10)6-5-7-12(14)13(2,3)4/h10-12H,5-9H2,1-4H3. The van der Waals surface area contributed by atoms with Gasteiger partial charge in [-0.15, -0.1) is 0 Å². The smallest absolute Gasteiger partial charge is 0.0579 e. The van der Waals surface area contributed by atoms with Gasteiger partial charge in [0.2, 0.25) is 0 Å². The van der Waals surface area contributed by atoms with E-state index in [1.54, 1.807) is 0 Å². The first kappa shape index (κ1) is 13.5. The summed E-state index contributed by atoms with van der Waals surface area (Å²) in [5.41, 5.74) is 0.379. The first-order valence-corrected chi connectivity index (χ1v) is 7.10. The van der Waals surface area contributed by atoms with Crippen LogP contribution in [0.1, 0.15) is 59.8 Å². The molecule has 1 heterocycles. The second-order valence-corrected chi connectivity index (χ2v) is 7.02. The third-order valence-corrected chi connectivity index (χ3v) is 5.07. The van der Waals surface area contributed by atoms with Crippen molar-refractivity contribution in [1.82, 2.24) is 0 Å². The Morgan fingerprint density at radius 2 is 2.00 bits per heavy atom. The lowest BCUT2D eigenvalue weighted by Crippen LogP contribution is -2.20. The maximum absolute atomic E-state index is 5.81. The van der Waals surface area contributed by atoms with Gasteiger partial charge < -0.3 is 4.74 Å². The SMILES string of the molecule is CC1CCC(CCCC(Br)C(C)(C)C)O1. The molecule has 3 unspecified atom stereocenters. The van der Waals surface area contributed by atoms with Crippen molar-refractivity contribution in [1.29, 1.82) is 0 Å². The molecule has 0 aromatic carbocycles. The predicted molar refractivity (Wildman–Crippen MR) is 69.6 cm³/mol. The fourth-order valence-electron chi connectivity index (χ4n) is 2.06. The Morgan fingerprint density at radius 3 is 2.47 bits per heavy atom. The molecule has 0 aromatic rings. The molecule has 0 radical (unpaired) electrons. The molecular formula is C13H25BrO. The van der Waals surface area contributed by atoms with E-state index in [9.17, 15) is 0 Å². The van der Waals surface area contributed by atoms with Crippen molar-refractivity contribution >= 4 is 15.9 Å². The first-order chi connectivity index (χ1) is 6.89. The summed E-state index contributed by atoms with van der Waals surface area (Å²) in [5.74, 6) is 0. The zero-order valence-corrected chi connectivity index (χ0v) is 12.1. The Kier molecular flexibility index (Phi) is 5.11. The lowest BCUT2D eigenvalue weighted by Gasteiger charge is -2.25. The Bertz CT molecular complexity index is 185. The molecule has 0 aliphatic carbocycles. The summed E-state index contributed by atoms with van der Waals surface area (Å²) in [7, 11) is 0. The molecule has 0 spiro atoms. The minimum atomic E-state index is 0.379. The number of hydrogen-bond acceptors (Lipinski definition) is 1. The molecule has 1 rings (SSSR count). The van der Waals surface area contributed by atoms with Gasteiger partial charge in [-0.25, -0.2) is 0 Å². The van der Waals surface area contributed by atoms with E-state index >= 15 is 0 Å². The molecule has 0 saturated carbocycles. The van der Waals surface area contributed by atoms with Crippen LogP contribution in [0.15, 0.2) is 0 Å². The molecule has 1 saturated heterocycles. The molecule has 1 fully saturated rings. The van der Waals surface area contributed by atoms with Crippen LogP contribution in [-0.2, 0) is 4.74 Å². The van der Waals surface area contributed by atoms with Gasteiger partial charge in [0, 0.05) is 4.83 Å². The molecule has 0 amide bonds. The van der Waals surface area contributed by atoms with Crippen LogP contribution in [-0.4, -0.2) is 17.0 Å². The topological polar surface area (TPSA) is 9.23 Å². The van der Waals surface area contributed by atoms with Crippen LogP contribution in [0.3, 0.4) is 0 Å². The fraction of sp³-hybridized carbons (Fsp3) is 1.00. The zero-order chi connectivity index (χ0) is 11.5. The maximum atomic E-state index is 5.81. The second kappa shape index (κ2) is 5.67. The molecule has 3 atom stereocenters. The second-order valence-electron chi connectivity index (χ2n) is 5.91. The van der Waals surface area contributed by atoms with E-state index in [1.807, 2.05) is 0 Å². The van der Waals surface area contributed by atoms with E-state index in [2.05, 4.69) is 43.6 Å². The minimum Gasteiger partial charge on any atom is -0.375 e. The Hall–Kier alpha value is 0.440. The average molecular weight is 277 g/mol. The van der Waals surface area contributed by atoms with Gasteiger partial charge in [-0.05, 0) is 44.4 Å². The molecule has 0 aromatic heterocycles. The molecule has 1 aliphatic rings. The van der Waals surface area contributed by atoms with E-state index < -0.39 is 0 Å². The van der Waals surface area contributed by atoms with E-state index in [4.69, 9.17) is 4.74 Å². The number of alkyl halides is 1. The summed E-state index contributed by atoms with van der Waals surface area (Å²) in [6.45, 7) is 9.06. The number of ether oxygens (including phenoxy) is 1. The zero-order valence-electron chi connectivity index (χ0n) is 10.6. The van der Waals surface area contributed by atoms with Crippen molar-refractivity contribution in [3.05, 3.63) is 0 Å². The summed E-state index contributed by atoms with van der Waals surface area (Å²) in [5, 5.41) is 0. The number of hydrogen-bond donors (Lipinski definition) is 0. The van der Waals surface area contributed by atoms with Crippen LogP contribution < -0.4 is 0 Å². The maximum Gasteiger partial charge on any atom is 0.0579 e. The molecule has 15 heavy (non-hydrogen) atoms. The van der Waals surface area contributed by atoms with Crippen molar-refractivity contribution in [2.75, 3.05) is 0 Å². The third kappa shape index (κ3) is 4.86. The predicted octanol–water partition coefficient (Wildman–Crippen LogP) is 4.53. The minimum absolute atomic E-state index is 0.379. The molecule has 0 N–H and O–H groups in total. The van der Waals surface area contributed by atoms with Gasteiger partial charge in [-0.1, -0.05) is 36.7 Å². The van der Waals surface area contributed by atoms with E-state index in [0.29, 0.717) is 22.5 Å². The molecule has 1 aliphatic heterocycles. The largest absolute Gasteiger partial charge is 0.375 e. The highest BCUT2D eigenvalue weighted by Crippen LogP contribution is 2.31. The van der Waals surface area contributed by atoms with Crippen LogP contribution >= 0.6 is 15.9 Å². The summed E-state index contributed by atoms with van der Waals surface area (Å²) in [6.07, 6.45) is 7.34. The van der Waals surface area contributed by atoms with Gasteiger partial charge in [0.05, 0.1) is 12.2 Å². The fourth-order valence-corrected chi connectivity index (χ4v) is 2.38. The van der Waals surface area contributed by atoms with Gasteiger partial charge in [0.15, 0.2) is 0 Å². The van der Waals surface area contributed by atoms with Crippen molar-refractivity contribution in [3.8, 4) is 0 Å². The van der Waals surface area contributed by atoms with Crippen LogP contribution in [0.25, 0.3) is 0 Å². The van der Waals surface area contributed by atoms with Crippen molar-refractivity contribution in [2.45, 2.75) is 76.8 Å². The summed E-state index contributed by atoms with van der Waals surface area (Å²) in [4.78, 5) is 0.629. The molecule has 0 bridgehead atoms. The van der Waals surface area contributed by atoms with Gasteiger partial charge in [0.25, 0.3) is 0 Å². The van der Waals surface area contributed by atoms with Crippen LogP contribution in [0.5, 0.6) is 0 Å². The van der Waals surface area contributed by atoms with Crippen molar-refractivity contribution in [2.24, 2.45) is 5.41 Å². The lowest BCUT2D eigenvalue weighted by atomic mass is 9.89. The van der Waals surface area contributed by atoms with E-state index in [1.165, 1.54) is 32.1 Å². The molecular weight excluding hydrogens is 252 g/mol. The van der Waals surface area contributed by atoms with Crippen LogP contribution in [0.2, 0.25) is 0 Å². The quantitative estimate of drug-likeness (QED) is 0.686. The first-order valence-electron chi connectivity index (χ1n) is 6.19. The van der Waals surface area contributed by atoms with E-state index in [0.717, 1.165) is 0 Å². The number of halogens is 1. The highest BCUT2D eigenvalue weighted by atomic mass is 79.9. The highest BCUT2D eigenvalue weighted by molar-refractivity contribution is 9.09. The van der Waals surface area contributed by atoms with Crippen LogP contribution in [0.4, 0.5) is 0 Å². The normalized spacial score (nSPS) is 29.4. The van der Waals surface area contributed by atoms with Crippen molar-refractivity contribution < 1.29 is 4.74 Å². The molecule has 2 heteroatoms. The lowest BCUT2D eigenvalue weighted by molar-refractivity contribution is 0.0492. The number of rotatable bonds is 4. The third-order valence-electron chi connectivity index (χ3n) is 3.24. The van der Waals surface area contributed by atoms with Gasteiger partial charge in [-0.2, -0.15) is 0 Å². The summed E-state index contributed by atoms with van der Waals surface area (Å²) >= 11 is 3.78. The Balaban J connectivity index is 2.11.